The predicted octanol–water partition coefficient (Wildman–Crippen LogP) is 4.88. The van der Waals surface area contributed by atoms with Crippen LogP contribution in [0.2, 0.25) is 10.0 Å². The number of halogens is 2. The van der Waals surface area contributed by atoms with Crippen molar-refractivity contribution in [3.05, 3.63) is 85.0 Å². The van der Waals surface area contributed by atoms with Gasteiger partial charge in [0, 0.05) is 45.3 Å². The first-order chi connectivity index (χ1) is 14.5. The van der Waals surface area contributed by atoms with E-state index in [1.807, 2.05) is 18.2 Å². The Hall–Kier alpha value is -2.58. The van der Waals surface area contributed by atoms with Crippen molar-refractivity contribution >= 4 is 45.9 Å². The quantitative estimate of drug-likeness (QED) is 0.415. The van der Waals surface area contributed by atoms with E-state index >= 15 is 0 Å². The van der Waals surface area contributed by atoms with Crippen molar-refractivity contribution < 1.29 is 4.74 Å². The molecule has 152 valence electrons. The molecule has 2 N–H and O–H groups in total. The molecule has 0 amide bonds. The Labute approximate surface area is 185 Å². The summed E-state index contributed by atoms with van der Waals surface area (Å²) in [4.78, 5) is 35.3. The van der Waals surface area contributed by atoms with Crippen molar-refractivity contribution in [1.82, 2.24) is 15.0 Å². The van der Waals surface area contributed by atoms with E-state index in [1.54, 1.807) is 24.3 Å². The number of rotatable bonds is 5. The van der Waals surface area contributed by atoms with E-state index in [0.717, 1.165) is 17.1 Å². The largest absolute Gasteiger partial charge is 0.378 e. The van der Waals surface area contributed by atoms with Gasteiger partial charge in [0.15, 0.2) is 5.16 Å². The number of nitrogens with one attached hydrogen (secondary N) is 2. The van der Waals surface area contributed by atoms with Gasteiger partial charge in [-0.15, -0.1) is 0 Å². The average Bonchev–Trinajstić information content (AvgIpc) is 2.70. The number of H-pyrrole nitrogens is 2. The van der Waals surface area contributed by atoms with Crippen LogP contribution in [0.15, 0.2) is 68.2 Å². The summed E-state index contributed by atoms with van der Waals surface area (Å²) in [5.74, 6) is 0. The van der Waals surface area contributed by atoms with Gasteiger partial charge in [0.25, 0.3) is 11.1 Å². The van der Waals surface area contributed by atoms with Crippen molar-refractivity contribution in [1.29, 1.82) is 0 Å². The molecule has 30 heavy (non-hydrogen) atoms. The Balaban J connectivity index is 1.99. The zero-order valence-corrected chi connectivity index (χ0v) is 18.0. The van der Waals surface area contributed by atoms with Crippen LogP contribution in [0.5, 0.6) is 0 Å². The lowest BCUT2D eigenvalue weighted by molar-refractivity contribution is 0.180. The molecule has 4 rings (SSSR count). The lowest BCUT2D eigenvalue weighted by atomic mass is 10.0. The van der Waals surface area contributed by atoms with E-state index in [9.17, 15) is 9.59 Å². The molecule has 0 atom stereocenters. The minimum absolute atomic E-state index is 0.179. The second kappa shape index (κ2) is 8.65. The standard InChI is InChI=1S/C21H15Cl2N3O3S/c1-29-10-12-9-17(27)26-21(24-12)30-19-18(13-4-2-3-5-15(13)23)14-8-11(22)6-7-16(14)25-20(19)28/h2-9H,10H2,1H3,(H,25,28)(H,24,26,27). The molecule has 4 aromatic rings. The number of pyridine rings is 1. The molecule has 0 unspecified atom stereocenters. The maximum Gasteiger partial charge on any atom is 0.263 e. The Morgan fingerprint density at radius 2 is 1.87 bits per heavy atom. The summed E-state index contributed by atoms with van der Waals surface area (Å²) in [7, 11) is 1.52. The number of methoxy groups -OCH3 is 1. The van der Waals surface area contributed by atoms with E-state index in [4.69, 9.17) is 27.9 Å². The van der Waals surface area contributed by atoms with Crippen molar-refractivity contribution in [2.75, 3.05) is 7.11 Å². The minimum atomic E-state index is -0.334. The van der Waals surface area contributed by atoms with Gasteiger partial charge in [0.05, 0.1) is 17.2 Å². The second-order valence-corrected chi connectivity index (χ2v) is 8.25. The van der Waals surface area contributed by atoms with Crippen molar-refractivity contribution in [3.8, 4) is 11.1 Å². The molecule has 0 spiro atoms. The van der Waals surface area contributed by atoms with Gasteiger partial charge in [-0.3, -0.25) is 9.59 Å². The van der Waals surface area contributed by atoms with Crippen LogP contribution in [0.3, 0.4) is 0 Å². The molecule has 2 aromatic carbocycles. The average molecular weight is 460 g/mol. The molecule has 0 aliphatic rings. The molecule has 0 radical (unpaired) electrons. The number of benzene rings is 2. The van der Waals surface area contributed by atoms with Gasteiger partial charge in [-0.2, -0.15) is 0 Å². The summed E-state index contributed by atoms with van der Waals surface area (Å²) in [6.07, 6.45) is 0. The normalized spacial score (nSPS) is 11.2. The highest BCUT2D eigenvalue weighted by Gasteiger charge is 2.19. The van der Waals surface area contributed by atoms with Crippen LogP contribution < -0.4 is 11.1 Å². The molecule has 0 aliphatic carbocycles. The van der Waals surface area contributed by atoms with Gasteiger partial charge in [-0.1, -0.05) is 41.4 Å². The van der Waals surface area contributed by atoms with E-state index in [2.05, 4.69) is 15.0 Å². The zero-order valence-electron chi connectivity index (χ0n) is 15.7. The van der Waals surface area contributed by atoms with Crippen LogP contribution in [0.1, 0.15) is 5.69 Å². The molecular formula is C21H15Cl2N3O3S. The number of nitrogens with zero attached hydrogens (tertiary/aromatic N) is 1. The summed E-state index contributed by atoms with van der Waals surface area (Å²) in [6, 6.07) is 13.8. The molecule has 0 aliphatic heterocycles. The van der Waals surface area contributed by atoms with Crippen LogP contribution in [-0.4, -0.2) is 22.1 Å². The van der Waals surface area contributed by atoms with Gasteiger partial charge in [-0.05, 0) is 36.0 Å². The fourth-order valence-electron chi connectivity index (χ4n) is 3.13. The van der Waals surface area contributed by atoms with E-state index < -0.39 is 0 Å². The van der Waals surface area contributed by atoms with Gasteiger partial charge >= 0.3 is 0 Å². The molecule has 0 bridgehead atoms. The van der Waals surface area contributed by atoms with E-state index in [0.29, 0.717) is 37.3 Å². The lowest BCUT2D eigenvalue weighted by Crippen LogP contribution is -2.14. The summed E-state index contributed by atoms with van der Waals surface area (Å²) in [5, 5.41) is 2.01. The minimum Gasteiger partial charge on any atom is -0.378 e. The maximum absolute atomic E-state index is 13.0. The van der Waals surface area contributed by atoms with Gasteiger partial charge in [-0.25, -0.2) is 4.98 Å². The van der Waals surface area contributed by atoms with Gasteiger partial charge in [0.1, 0.15) is 0 Å². The molecule has 2 heterocycles. The Kier molecular flexibility index (Phi) is 5.97. The number of fused-ring (bicyclic) bond motifs is 1. The Bertz CT molecular complexity index is 1370. The van der Waals surface area contributed by atoms with E-state index in [1.165, 1.54) is 13.2 Å². The number of aromatic nitrogens is 3. The Morgan fingerprint density at radius 1 is 1.07 bits per heavy atom. The Morgan fingerprint density at radius 3 is 2.63 bits per heavy atom. The van der Waals surface area contributed by atoms with E-state index in [-0.39, 0.29) is 22.9 Å². The number of hydrogen-bond donors (Lipinski definition) is 2. The third kappa shape index (κ3) is 4.15. The summed E-state index contributed by atoms with van der Waals surface area (Å²) >= 11 is 13.8. The van der Waals surface area contributed by atoms with Crippen molar-refractivity contribution in [2.24, 2.45) is 0 Å². The number of hydrogen-bond acceptors (Lipinski definition) is 5. The van der Waals surface area contributed by atoms with Gasteiger partial charge < -0.3 is 14.7 Å². The zero-order chi connectivity index (χ0) is 21.3. The lowest BCUT2D eigenvalue weighted by Gasteiger charge is -2.14. The van der Waals surface area contributed by atoms with Crippen LogP contribution in [0.4, 0.5) is 0 Å². The van der Waals surface area contributed by atoms with Crippen LogP contribution in [0.25, 0.3) is 22.0 Å². The van der Waals surface area contributed by atoms with Crippen LogP contribution in [0, 0.1) is 0 Å². The van der Waals surface area contributed by atoms with Crippen molar-refractivity contribution in [3.63, 3.8) is 0 Å². The highest BCUT2D eigenvalue weighted by atomic mass is 35.5. The molecule has 0 fully saturated rings. The summed E-state index contributed by atoms with van der Waals surface area (Å²) in [6.45, 7) is 0.179. The van der Waals surface area contributed by atoms with Crippen LogP contribution >= 0.6 is 35.0 Å². The molecule has 2 aromatic heterocycles. The van der Waals surface area contributed by atoms with Crippen LogP contribution in [-0.2, 0) is 11.3 Å². The molecular weight excluding hydrogens is 445 g/mol. The first-order valence-electron chi connectivity index (χ1n) is 8.83. The number of ether oxygens (including phenoxy) is 1. The summed E-state index contributed by atoms with van der Waals surface area (Å²) in [5.41, 5.74) is 1.72. The first kappa shape index (κ1) is 20.7. The molecule has 0 saturated heterocycles. The topological polar surface area (TPSA) is 87.8 Å². The third-order valence-corrected chi connectivity index (χ3v) is 5.88. The molecule has 9 heteroatoms. The van der Waals surface area contributed by atoms with Crippen molar-refractivity contribution in [2.45, 2.75) is 16.7 Å². The third-order valence-electron chi connectivity index (χ3n) is 4.34. The number of aromatic amines is 2. The highest BCUT2D eigenvalue weighted by Crippen LogP contribution is 2.40. The SMILES string of the molecule is COCc1cc(=O)[nH]c(Sc2c(-c3ccccc3Cl)c3cc(Cl)ccc3[nH]c2=O)n1. The monoisotopic (exact) mass is 459 g/mol. The summed E-state index contributed by atoms with van der Waals surface area (Å²) < 4.78 is 5.07. The maximum atomic E-state index is 13.0. The first-order valence-corrected chi connectivity index (χ1v) is 10.4. The smallest absolute Gasteiger partial charge is 0.263 e. The highest BCUT2D eigenvalue weighted by molar-refractivity contribution is 7.99. The van der Waals surface area contributed by atoms with Gasteiger partial charge in [0.2, 0.25) is 0 Å². The predicted molar refractivity (Wildman–Crippen MR) is 120 cm³/mol. The second-order valence-electron chi connectivity index (χ2n) is 6.40. The molecule has 6 nitrogen and oxygen atoms in total. The fraction of sp³-hybridized carbons (Fsp3) is 0.0952. The molecule has 0 saturated carbocycles. The fourth-order valence-corrected chi connectivity index (χ4v) is 4.50.